The Balaban J connectivity index is 2.41. The zero-order valence-electron chi connectivity index (χ0n) is 22.6. The van der Waals surface area contributed by atoms with E-state index < -0.39 is 24.0 Å². The topological polar surface area (TPSA) is 98.6 Å². The molecule has 2 atom stereocenters. The molecule has 39 heavy (non-hydrogen) atoms. The van der Waals surface area contributed by atoms with E-state index in [1.807, 2.05) is 12.1 Å². The van der Waals surface area contributed by atoms with Gasteiger partial charge in [0, 0.05) is 21.2 Å². The second kappa shape index (κ2) is 14.8. The van der Waals surface area contributed by atoms with E-state index in [0.29, 0.717) is 21.5 Å². The van der Waals surface area contributed by atoms with E-state index >= 15 is 0 Å². The summed E-state index contributed by atoms with van der Waals surface area (Å²) < 4.78 is 22.2. The Morgan fingerprint density at radius 1 is 1.05 bits per heavy atom. The zero-order valence-corrected chi connectivity index (χ0v) is 24.9. The first-order valence-corrected chi connectivity index (χ1v) is 13.0. The number of carbonyl (C=O) groups excluding carboxylic acids is 1. The van der Waals surface area contributed by atoms with Crippen molar-refractivity contribution in [2.75, 3.05) is 21.3 Å². The Morgan fingerprint density at radius 3 is 1.97 bits per heavy atom. The first-order valence-electron chi connectivity index (χ1n) is 11.8. The molecule has 0 unspecified atom stereocenters. The molecule has 2 aromatic rings. The number of benzene rings is 2. The number of hydrogen-bond donors (Lipinski definition) is 2. The number of aliphatic hydroxyl groups is 1. The fourth-order valence-electron chi connectivity index (χ4n) is 3.96. The highest BCUT2D eigenvalue weighted by atomic mass is 35.5. The second-order valence-corrected chi connectivity index (χ2v) is 9.58. The van der Waals surface area contributed by atoms with E-state index in [1.54, 1.807) is 51.1 Å². The summed E-state index contributed by atoms with van der Waals surface area (Å²) in [6, 6.07) is 9.55. The van der Waals surface area contributed by atoms with Gasteiger partial charge in [0.25, 0.3) is 0 Å². The maximum atomic E-state index is 13.2. The molecule has 0 amide bonds. The number of thiocarbonyl (C=S) groups is 1. The lowest BCUT2D eigenvalue weighted by atomic mass is 9.86. The lowest BCUT2D eigenvalue weighted by molar-refractivity contribution is -0.150. The average Bonchev–Trinajstić information content (AvgIpc) is 2.91. The van der Waals surface area contributed by atoms with E-state index in [-0.39, 0.29) is 22.2 Å². The molecule has 0 aliphatic rings. The third-order valence-electron chi connectivity index (χ3n) is 5.85. The first kappa shape index (κ1) is 31.9. The smallest absolute Gasteiger partial charge is 0.328 e. The van der Waals surface area contributed by atoms with Crippen molar-refractivity contribution in [3.05, 3.63) is 80.9 Å². The van der Waals surface area contributed by atoms with Gasteiger partial charge in [-0.3, -0.25) is 4.99 Å². The summed E-state index contributed by atoms with van der Waals surface area (Å²) in [5.74, 6) is -0.245. The predicted molar refractivity (Wildman–Crippen MR) is 159 cm³/mol. The van der Waals surface area contributed by atoms with Crippen LogP contribution in [0.5, 0.6) is 11.5 Å². The van der Waals surface area contributed by atoms with Crippen molar-refractivity contribution < 1.29 is 28.8 Å². The number of rotatable bonds is 12. The summed E-state index contributed by atoms with van der Waals surface area (Å²) in [6.07, 6.45) is 0.836. The van der Waals surface area contributed by atoms with Gasteiger partial charge >= 0.3 is 5.97 Å². The molecule has 0 fully saturated rings. The van der Waals surface area contributed by atoms with Crippen molar-refractivity contribution in [3.63, 3.8) is 0 Å². The van der Waals surface area contributed by atoms with E-state index in [9.17, 15) is 9.90 Å². The van der Waals surface area contributed by atoms with Crippen molar-refractivity contribution in [3.8, 4) is 11.5 Å². The van der Waals surface area contributed by atoms with Crippen LogP contribution in [0.15, 0.2) is 64.7 Å². The van der Waals surface area contributed by atoms with Crippen LogP contribution in [0.4, 0.5) is 0 Å². The molecule has 2 rings (SSSR count). The normalized spacial score (nSPS) is 13.6. The molecule has 8 nitrogen and oxygen atoms in total. The van der Waals surface area contributed by atoms with Crippen LogP contribution in [0.2, 0.25) is 10.0 Å². The highest BCUT2D eigenvalue weighted by molar-refractivity contribution is 7.80. The molecular weight excluding hydrogens is 563 g/mol. The van der Waals surface area contributed by atoms with Gasteiger partial charge < -0.3 is 29.4 Å². The number of hydrogen-bond acceptors (Lipinski definition) is 8. The van der Waals surface area contributed by atoms with Crippen LogP contribution < -0.4 is 14.8 Å². The number of allylic oxidation sites excluding steroid dienone is 1. The van der Waals surface area contributed by atoms with Gasteiger partial charge in [0.05, 0.1) is 27.2 Å². The standard InChI is InChI=1S/C28H32Cl2N2O6S/c1-8-21(35-5)26(33)25(31-4)27(39)32-15(2)28(34)38-16(3)24(19-11-9-17(29)13-22(19)36-6)20-12-10-18(30)14-23(20)37-7/h8-16,24,33H,4H2,1-3,5-7H3,(H,32,39)/b21-8+,26-25+/t15-,16-/m0/s1. The van der Waals surface area contributed by atoms with Crippen molar-refractivity contribution in [2.45, 2.75) is 38.8 Å². The van der Waals surface area contributed by atoms with E-state index in [0.717, 1.165) is 11.1 Å². The SMILES string of the molecule is C=N/C(C(=S)N[C@@H](C)C(=O)O[C@@H](C)C(c1ccc(Cl)cc1OC)c1ccc(Cl)cc1OC)=C(O)\C(=C/C)OC. The van der Waals surface area contributed by atoms with Crippen LogP contribution in [-0.2, 0) is 14.3 Å². The van der Waals surface area contributed by atoms with Gasteiger partial charge in [-0.05, 0) is 57.8 Å². The zero-order chi connectivity index (χ0) is 29.3. The lowest BCUT2D eigenvalue weighted by Gasteiger charge is -2.29. The van der Waals surface area contributed by atoms with E-state index in [1.165, 1.54) is 21.3 Å². The first-order chi connectivity index (χ1) is 18.5. The molecule has 0 heterocycles. The molecule has 0 saturated heterocycles. The summed E-state index contributed by atoms with van der Waals surface area (Å²) in [5.41, 5.74) is 1.41. The molecule has 0 aromatic heterocycles. The second-order valence-electron chi connectivity index (χ2n) is 8.30. The lowest BCUT2D eigenvalue weighted by Crippen LogP contribution is -2.41. The largest absolute Gasteiger partial charge is 0.503 e. The minimum Gasteiger partial charge on any atom is -0.503 e. The Hall–Kier alpha value is -3.27. The Bertz CT molecular complexity index is 1230. The third kappa shape index (κ3) is 7.88. The monoisotopic (exact) mass is 594 g/mol. The number of aliphatic hydroxyl groups excluding tert-OH is 1. The Morgan fingerprint density at radius 2 is 1.56 bits per heavy atom. The molecule has 0 aliphatic heterocycles. The Labute approximate surface area is 244 Å². The van der Waals surface area contributed by atoms with Gasteiger partial charge in [-0.25, -0.2) is 4.79 Å². The maximum absolute atomic E-state index is 13.2. The van der Waals surface area contributed by atoms with Gasteiger partial charge in [0.1, 0.15) is 34.3 Å². The molecular formula is C28H32Cl2N2O6S. The number of nitrogens with zero attached hydrogens (tertiary/aromatic N) is 1. The minimum atomic E-state index is -0.902. The van der Waals surface area contributed by atoms with Crippen molar-refractivity contribution in [2.24, 2.45) is 4.99 Å². The van der Waals surface area contributed by atoms with Gasteiger partial charge in [0.15, 0.2) is 11.5 Å². The number of halogens is 2. The highest BCUT2D eigenvalue weighted by Gasteiger charge is 2.32. The van der Waals surface area contributed by atoms with Crippen molar-refractivity contribution >= 4 is 53.1 Å². The number of nitrogens with one attached hydrogen (secondary N) is 1. The van der Waals surface area contributed by atoms with Crippen LogP contribution in [0, 0.1) is 0 Å². The number of methoxy groups -OCH3 is 3. The van der Waals surface area contributed by atoms with Crippen LogP contribution in [0.3, 0.4) is 0 Å². The molecule has 0 spiro atoms. The number of carbonyl (C=O) groups is 1. The average molecular weight is 596 g/mol. The van der Waals surface area contributed by atoms with Crippen LogP contribution in [0.1, 0.15) is 37.8 Å². The number of aliphatic imine (C=N–C) groups is 1. The fraction of sp³-hybridized carbons (Fsp3) is 0.321. The summed E-state index contributed by atoms with van der Waals surface area (Å²) in [7, 11) is 4.46. The highest BCUT2D eigenvalue weighted by Crippen LogP contribution is 2.41. The number of esters is 1. The third-order valence-corrected chi connectivity index (χ3v) is 6.63. The predicted octanol–water partition coefficient (Wildman–Crippen LogP) is 6.40. The van der Waals surface area contributed by atoms with Crippen molar-refractivity contribution in [1.82, 2.24) is 5.32 Å². The Kier molecular flexibility index (Phi) is 12.1. The van der Waals surface area contributed by atoms with Gasteiger partial charge in [0.2, 0.25) is 0 Å². The van der Waals surface area contributed by atoms with Gasteiger partial charge in [-0.1, -0.05) is 47.6 Å². The quantitative estimate of drug-likeness (QED) is 0.0727. The molecule has 0 radical (unpaired) electrons. The molecule has 11 heteroatoms. The van der Waals surface area contributed by atoms with E-state index in [4.69, 9.17) is 54.4 Å². The summed E-state index contributed by atoms with van der Waals surface area (Å²) >= 11 is 17.8. The minimum absolute atomic E-state index is 0.00806. The molecule has 2 aromatic carbocycles. The fourth-order valence-corrected chi connectivity index (χ4v) is 4.62. The molecule has 0 saturated carbocycles. The van der Waals surface area contributed by atoms with Crippen molar-refractivity contribution in [1.29, 1.82) is 0 Å². The maximum Gasteiger partial charge on any atom is 0.328 e. The summed E-state index contributed by atoms with van der Waals surface area (Å²) in [6.45, 7) is 8.46. The molecule has 210 valence electrons. The van der Waals surface area contributed by atoms with Crippen LogP contribution in [-0.4, -0.2) is 56.3 Å². The van der Waals surface area contributed by atoms with E-state index in [2.05, 4.69) is 17.0 Å². The van der Waals surface area contributed by atoms with Crippen LogP contribution in [0.25, 0.3) is 0 Å². The summed E-state index contributed by atoms with van der Waals surface area (Å²) in [5, 5.41) is 14.3. The van der Waals surface area contributed by atoms with Gasteiger partial charge in [-0.15, -0.1) is 0 Å². The number of ether oxygens (including phenoxy) is 4. The molecule has 0 aliphatic carbocycles. The van der Waals surface area contributed by atoms with Gasteiger partial charge in [-0.2, -0.15) is 0 Å². The summed E-state index contributed by atoms with van der Waals surface area (Å²) in [4.78, 5) is 17.0. The molecule has 0 bridgehead atoms. The molecule has 2 N–H and O–H groups in total. The van der Waals surface area contributed by atoms with Crippen LogP contribution >= 0.6 is 35.4 Å².